The van der Waals surface area contributed by atoms with Crippen LogP contribution in [-0.2, 0) is 14.3 Å². The van der Waals surface area contributed by atoms with E-state index in [-0.39, 0.29) is 5.97 Å². The molecule has 1 N–H and O–H groups in total. The molecule has 1 rings (SSSR count). The summed E-state index contributed by atoms with van der Waals surface area (Å²) in [5.74, 6) is 0.106. The fourth-order valence-electron chi connectivity index (χ4n) is 2.81. The molecule has 0 aliphatic heterocycles. The fourth-order valence-corrected chi connectivity index (χ4v) is 2.81. The molecule has 1 amide bonds. The van der Waals surface area contributed by atoms with Crippen LogP contribution in [0.3, 0.4) is 0 Å². The third-order valence-corrected chi connectivity index (χ3v) is 4.05. The van der Waals surface area contributed by atoms with E-state index in [1.54, 1.807) is 0 Å². The van der Waals surface area contributed by atoms with Crippen LogP contribution >= 0.6 is 0 Å². The predicted octanol–water partition coefficient (Wildman–Crippen LogP) is 3.41. The Kier molecular flexibility index (Phi) is 8.87. The van der Waals surface area contributed by atoms with Gasteiger partial charge in [-0.15, -0.1) is 0 Å². The Morgan fingerprint density at radius 2 is 1.90 bits per heavy atom. The molecule has 122 valence electrons. The third kappa shape index (κ3) is 7.34. The molecule has 1 aliphatic rings. The van der Waals surface area contributed by atoms with Crippen LogP contribution in [0.2, 0.25) is 0 Å². The average Bonchev–Trinajstić information content (AvgIpc) is 2.51. The van der Waals surface area contributed by atoms with Gasteiger partial charge in [-0.1, -0.05) is 51.9 Å². The second kappa shape index (κ2) is 10.5. The van der Waals surface area contributed by atoms with E-state index < -0.39 is 12.1 Å². The normalized spacial score (nSPS) is 17.0. The Labute approximate surface area is 127 Å². The van der Waals surface area contributed by atoms with Crippen molar-refractivity contribution in [2.75, 3.05) is 13.7 Å². The van der Waals surface area contributed by atoms with Crippen LogP contribution < -0.4 is 5.32 Å². The molecule has 0 saturated heterocycles. The molecule has 21 heavy (non-hydrogen) atoms. The monoisotopic (exact) mass is 299 g/mol. The van der Waals surface area contributed by atoms with Crippen molar-refractivity contribution in [3.05, 3.63) is 0 Å². The molecule has 1 saturated carbocycles. The molecule has 0 aromatic carbocycles. The van der Waals surface area contributed by atoms with Crippen LogP contribution in [0.4, 0.5) is 4.79 Å². The molecule has 5 heteroatoms. The number of esters is 1. The zero-order valence-corrected chi connectivity index (χ0v) is 13.4. The Hall–Kier alpha value is -1.26. The maximum absolute atomic E-state index is 11.8. The smallest absolute Gasteiger partial charge is 0.407 e. The second-order valence-electron chi connectivity index (χ2n) is 5.80. The van der Waals surface area contributed by atoms with E-state index in [4.69, 9.17) is 9.47 Å². The van der Waals surface area contributed by atoms with Gasteiger partial charge < -0.3 is 14.8 Å². The Morgan fingerprint density at radius 1 is 1.19 bits per heavy atom. The van der Waals surface area contributed by atoms with Crippen molar-refractivity contribution in [3.63, 3.8) is 0 Å². The van der Waals surface area contributed by atoms with Crippen LogP contribution in [0.1, 0.15) is 64.7 Å². The van der Waals surface area contributed by atoms with E-state index >= 15 is 0 Å². The first kappa shape index (κ1) is 17.8. The van der Waals surface area contributed by atoms with Crippen LogP contribution in [0, 0.1) is 5.92 Å². The van der Waals surface area contributed by atoms with E-state index in [1.165, 1.54) is 26.4 Å². The first-order chi connectivity index (χ1) is 10.2. The number of carbonyl (C=O) groups is 2. The number of alkyl carbamates (subject to hydrolysis) is 1. The largest absolute Gasteiger partial charge is 0.467 e. The number of methoxy groups -OCH3 is 1. The van der Waals surface area contributed by atoms with Crippen molar-refractivity contribution in [2.45, 2.75) is 70.8 Å². The van der Waals surface area contributed by atoms with Gasteiger partial charge in [0, 0.05) is 0 Å². The number of hydrogen-bond acceptors (Lipinski definition) is 4. The van der Waals surface area contributed by atoms with Gasteiger partial charge in [0.05, 0.1) is 13.7 Å². The number of ether oxygens (including phenoxy) is 2. The standard InChI is InChI=1S/C16H29NO4/c1-3-4-8-11-21-16(19)17-14(15(18)20-2)12-13-9-6-5-7-10-13/h13-14H,3-12H2,1-2H3,(H,17,19). The summed E-state index contributed by atoms with van der Waals surface area (Å²) in [6.07, 6.45) is 9.05. The summed E-state index contributed by atoms with van der Waals surface area (Å²) in [4.78, 5) is 23.5. The lowest BCUT2D eigenvalue weighted by Crippen LogP contribution is -2.43. The number of amides is 1. The summed E-state index contributed by atoms with van der Waals surface area (Å²) in [6, 6.07) is -0.586. The molecule has 0 aromatic rings. The number of unbranched alkanes of at least 4 members (excludes halogenated alkanes) is 2. The third-order valence-electron chi connectivity index (χ3n) is 4.05. The number of nitrogens with one attached hydrogen (secondary N) is 1. The Morgan fingerprint density at radius 3 is 2.52 bits per heavy atom. The lowest BCUT2D eigenvalue weighted by Gasteiger charge is -2.25. The van der Waals surface area contributed by atoms with Crippen molar-refractivity contribution in [3.8, 4) is 0 Å². The van der Waals surface area contributed by atoms with E-state index in [0.29, 0.717) is 18.9 Å². The summed E-state index contributed by atoms with van der Waals surface area (Å²) in [7, 11) is 1.35. The van der Waals surface area contributed by atoms with Crippen molar-refractivity contribution in [1.82, 2.24) is 5.32 Å². The highest BCUT2D eigenvalue weighted by molar-refractivity contribution is 5.81. The van der Waals surface area contributed by atoms with Gasteiger partial charge in [-0.05, 0) is 18.8 Å². The lowest BCUT2D eigenvalue weighted by molar-refractivity contribution is -0.143. The highest BCUT2D eigenvalue weighted by Crippen LogP contribution is 2.27. The first-order valence-corrected chi connectivity index (χ1v) is 8.18. The molecule has 1 fully saturated rings. The van der Waals surface area contributed by atoms with Crippen molar-refractivity contribution in [2.24, 2.45) is 5.92 Å². The molecule has 0 bridgehead atoms. The maximum Gasteiger partial charge on any atom is 0.407 e. The quantitative estimate of drug-likeness (QED) is 0.551. The van der Waals surface area contributed by atoms with Crippen LogP contribution in [0.25, 0.3) is 0 Å². The van der Waals surface area contributed by atoms with Gasteiger partial charge in [0.2, 0.25) is 0 Å². The molecule has 1 unspecified atom stereocenters. The molecular formula is C16H29NO4. The predicted molar refractivity (Wildman–Crippen MR) is 81.0 cm³/mol. The first-order valence-electron chi connectivity index (χ1n) is 8.18. The van der Waals surface area contributed by atoms with Gasteiger partial charge in [-0.25, -0.2) is 9.59 Å². The molecule has 0 spiro atoms. The molecular weight excluding hydrogens is 270 g/mol. The summed E-state index contributed by atoms with van der Waals surface area (Å²) >= 11 is 0. The minimum Gasteiger partial charge on any atom is -0.467 e. The van der Waals surface area contributed by atoms with Crippen LogP contribution in [-0.4, -0.2) is 31.8 Å². The summed E-state index contributed by atoms with van der Waals surface area (Å²) in [5, 5.41) is 2.66. The van der Waals surface area contributed by atoms with Gasteiger partial charge in [0.15, 0.2) is 0 Å². The summed E-state index contributed by atoms with van der Waals surface area (Å²) < 4.78 is 9.89. The number of hydrogen-bond donors (Lipinski definition) is 1. The number of carbonyl (C=O) groups excluding carboxylic acids is 2. The number of rotatable bonds is 8. The Bertz CT molecular complexity index is 313. The lowest BCUT2D eigenvalue weighted by atomic mass is 9.85. The SMILES string of the molecule is CCCCCOC(=O)NC(CC1CCCCC1)C(=O)OC. The topological polar surface area (TPSA) is 64.6 Å². The Balaban J connectivity index is 2.37. The van der Waals surface area contributed by atoms with Crippen molar-refractivity contribution in [1.29, 1.82) is 0 Å². The van der Waals surface area contributed by atoms with Crippen molar-refractivity contribution < 1.29 is 19.1 Å². The van der Waals surface area contributed by atoms with E-state index in [9.17, 15) is 9.59 Å². The van der Waals surface area contributed by atoms with E-state index in [0.717, 1.165) is 32.1 Å². The average molecular weight is 299 g/mol. The fraction of sp³-hybridized carbons (Fsp3) is 0.875. The van der Waals surface area contributed by atoms with Crippen molar-refractivity contribution >= 4 is 12.1 Å². The van der Waals surface area contributed by atoms with Gasteiger partial charge in [-0.3, -0.25) is 0 Å². The van der Waals surface area contributed by atoms with Gasteiger partial charge in [0.1, 0.15) is 6.04 Å². The highest BCUT2D eigenvalue weighted by atomic mass is 16.6. The second-order valence-corrected chi connectivity index (χ2v) is 5.80. The minimum absolute atomic E-state index is 0.383. The molecule has 1 atom stereocenters. The zero-order chi connectivity index (χ0) is 15.5. The van der Waals surface area contributed by atoms with Gasteiger partial charge >= 0.3 is 12.1 Å². The van der Waals surface area contributed by atoms with E-state index in [1.807, 2.05) is 0 Å². The molecule has 1 aliphatic carbocycles. The van der Waals surface area contributed by atoms with Gasteiger partial charge in [0.25, 0.3) is 0 Å². The summed E-state index contributed by atoms with van der Waals surface area (Å²) in [5.41, 5.74) is 0. The van der Waals surface area contributed by atoms with E-state index in [2.05, 4.69) is 12.2 Å². The molecule has 5 nitrogen and oxygen atoms in total. The summed E-state index contributed by atoms with van der Waals surface area (Å²) in [6.45, 7) is 2.49. The highest BCUT2D eigenvalue weighted by Gasteiger charge is 2.26. The molecule has 0 heterocycles. The zero-order valence-electron chi connectivity index (χ0n) is 13.4. The maximum atomic E-state index is 11.8. The van der Waals surface area contributed by atoms with Crippen LogP contribution in [0.5, 0.6) is 0 Å². The minimum atomic E-state index is -0.586. The van der Waals surface area contributed by atoms with Gasteiger partial charge in [-0.2, -0.15) is 0 Å². The molecule has 0 aromatic heterocycles. The molecule has 0 radical (unpaired) electrons. The van der Waals surface area contributed by atoms with Crippen LogP contribution in [0.15, 0.2) is 0 Å².